The summed E-state index contributed by atoms with van der Waals surface area (Å²) >= 11 is 0. The van der Waals surface area contributed by atoms with E-state index in [0.29, 0.717) is 27.9 Å². The van der Waals surface area contributed by atoms with Crippen molar-refractivity contribution in [3.05, 3.63) is 74.8 Å². The van der Waals surface area contributed by atoms with Gasteiger partial charge in [0.1, 0.15) is 11.0 Å². The highest BCUT2D eigenvalue weighted by molar-refractivity contribution is 6.03. The molecule has 2 heterocycles. The van der Waals surface area contributed by atoms with E-state index in [4.69, 9.17) is 4.42 Å². The standard InChI is InChI=1S/C17H11N3O4/c1-10-15-16(13-4-2-3-5-14(13)24-17(15)21)19(18-10)11-6-8-12(9-7-11)20(22)23/h2-9H,1H3. The highest BCUT2D eigenvalue weighted by atomic mass is 16.6. The van der Waals surface area contributed by atoms with Crippen molar-refractivity contribution in [2.45, 2.75) is 6.92 Å². The Kier molecular flexibility index (Phi) is 2.96. The normalized spacial score (nSPS) is 11.2. The van der Waals surface area contributed by atoms with Crippen molar-refractivity contribution in [1.29, 1.82) is 0 Å². The maximum atomic E-state index is 12.3. The lowest BCUT2D eigenvalue weighted by Crippen LogP contribution is -2.01. The molecule has 24 heavy (non-hydrogen) atoms. The Labute approximate surface area is 134 Å². The third-order valence-electron chi connectivity index (χ3n) is 3.91. The lowest BCUT2D eigenvalue weighted by atomic mass is 10.1. The van der Waals surface area contributed by atoms with E-state index in [1.807, 2.05) is 12.1 Å². The minimum Gasteiger partial charge on any atom is -0.422 e. The van der Waals surface area contributed by atoms with Gasteiger partial charge >= 0.3 is 5.63 Å². The number of benzene rings is 2. The minimum atomic E-state index is -0.458. The zero-order valence-corrected chi connectivity index (χ0v) is 12.6. The molecule has 7 nitrogen and oxygen atoms in total. The molecule has 0 radical (unpaired) electrons. The van der Waals surface area contributed by atoms with Gasteiger partial charge in [-0.05, 0) is 31.2 Å². The summed E-state index contributed by atoms with van der Waals surface area (Å²) < 4.78 is 6.98. The smallest absolute Gasteiger partial charge is 0.347 e. The lowest BCUT2D eigenvalue weighted by Gasteiger charge is -2.05. The molecule has 0 aliphatic carbocycles. The fourth-order valence-corrected chi connectivity index (χ4v) is 2.82. The summed E-state index contributed by atoms with van der Waals surface area (Å²) in [6, 6.07) is 13.2. The van der Waals surface area contributed by atoms with Gasteiger partial charge in [0.25, 0.3) is 5.69 Å². The van der Waals surface area contributed by atoms with Crippen molar-refractivity contribution in [3.63, 3.8) is 0 Å². The number of nitro groups is 1. The number of aromatic nitrogens is 2. The van der Waals surface area contributed by atoms with Gasteiger partial charge in [0.05, 0.1) is 21.8 Å². The topological polar surface area (TPSA) is 91.2 Å². The predicted octanol–water partition coefficient (Wildman–Crippen LogP) is 3.35. The molecule has 7 heteroatoms. The molecule has 0 fully saturated rings. The van der Waals surface area contributed by atoms with Crippen LogP contribution in [0.4, 0.5) is 5.69 Å². The van der Waals surface area contributed by atoms with E-state index in [9.17, 15) is 14.9 Å². The summed E-state index contributed by atoms with van der Waals surface area (Å²) in [5, 5.41) is 16.4. The molecule has 4 aromatic rings. The van der Waals surface area contributed by atoms with E-state index in [1.54, 1.807) is 35.9 Å². The average Bonchev–Trinajstić information content (AvgIpc) is 2.93. The number of nitro benzene ring substituents is 1. The van der Waals surface area contributed by atoms with Gasteiger partial charge < -0.3 is 4.42 Å². The average molecular weight is 321 g/mol. The van der Waals surface area contributed by atoms with Crippen LogP contribution in [0.1, 0.15) is 5.69 Å². The Morgan fingerprint density at radius 3 is 2.54 bits per heavy atom. The fourth-order valence-electron chi connectivity index (χ4n) is 2.82. The van der Waals surface area contributed by atoms with Gasteiger partial charge in [0.2, 0.25) is 0 Å². The summed E-state index contributed by atoms with van der Waals surface area (Å²) in [5.74, 6) is 0. The molecule has 0 atom stereocenters. The summed E-state index contributed by atoms with van der Waals surface area (Å²) in [5.41, 5.74) is 1.83. The third kappa shape index (κ3) is 1.98. The molecular weight excluding hydrogens is 310 g/mol. The summed E-state index contributed by atoms with van der Waals surface area (Å²) in [6.45, 7) is 1.73. The van der Waals surface area contributed by atoms with Crippen LogP contribution in [0.2, 0.25) is 0 Å². The molecule has 0 bridgehead atoms. The number of non-ortho nitro benzene ring substituents is 1. The Bertz CT molecular complexity index is 1160. The molecule has 0 N–H and O–H groups in total. The van der Waals surface area contributed by atoms with Crippen LogP contribution in [0.5, 0.6) is 0 Å². The first-order valence-corrected chi connectivity index (χ1v) is 7.22. The predicted molar refractivity (Wildman–Crippen MR) is 88.5 cm³/mol. The zero-order valence-electron chi connectivity index (χ0n) is 12.6. The number of hydrogen-bond donors (Lipinski definition) is 0. The molecule has 4 rings (SSSR count). The van der Waals surface area contributed by atoms with E-state index < -0.39 is 10.5 Å². The van der Waals surface area contributed by atoms with Gasteiger partial charge in [-0.2, -0.15) is 5.10 Å². The van der Waals surface area contributed by atoms with Crippen LogP contribution in [-0.2, 0) is 0 Å². The molecule has 0 amide bonds. The Balaban J connectivity index is 2.09. The highest BCUT2D eigenvalue weighted by Gasteiger charge is 2.17. The van der Waals surface area contributed by atoms with Crippen LogP contribution < -0.4 is 5.63 Å². The Hall–Kier alpha value is -3.48. The van der Waals surface area contributed by atoms with Gasteiger partial charge in [-0.1, -0.05) is 12.1 Å². The number of nitrogens with zero attached hydrogens (tertiary/aromatic N) is 3. The summed E-state index contributed by atoms with van der Waals surface area (Å²) in [6.07, 6.45) is 0. The van der Waals surface area contributed by atoms with Gasteiger partial charge in [-0.3, -0.25) is 10.1 Å². The Morgan fingerprint density at radius 2 is 1.83 bits per heavy atom. The molecule has 2 aromatic heterocycles. The van der Waals surface area contributed by atoms with E-state index in [0.717, 1.165) is 5.39 Å². The fraction of sp³-hybridized carbons (Fsp3) is 0.0588. The second kappa shape index (κ2) is 5.02. The van der Waals surface area contributed by atoms with E-state index in [-0.39, 0.29) is 5.69 Å². The van der Waals surface area contributed by atoms with Gasteiger partial charge in [0, 0.05) is 17.5 Å². The monoisotopic (exact) mass is 321 g/mol. The quantitative estimate of drug-likeness (QED) is 0.321. The largest absolute Gasteiger partial charge is 0.422 e. The molecule has 2 aromatic carbocycles. The van der Waals surface area contributed by atoms with Crippen molar-refractivity contribution in [2.24, 2.45) is 0 Å². The maximum absolute atomic E-state index is 12.3. The molecule has 0 saturated heterocycles. The first-order valence-electron chi connectivity index (χ1n) is 7.22. The van der Waals surface area contributed by atoms with Gasteiger partial charge in [0.15, 0.2) is 0 Å². The van der Waals surface area contributed by atoms with Crippen molar-refractivity contribution < 1.29 is 9.34 Å². The van der Waals surface area contributed by atoms with Gasteiger partial charge in [-0.25, -0.2) is 9.48 Å². The maximum Gasteiger partial charge on any atom is 0.347 e. The molecule has 0 unspecified atom stereocenters. The number of hydrogen-bond acceptors (Lipinski definition) is 5. The van der Waals surface area contributed by atoms with Crippen LogP contribution in [0.15, 0.2) is 57.7 Å². The number of fused-ring (bicyclic) bond motifs is 3. The first kappa shape index (κ1) is 14.1. The van der Waals surface area contributed by atoms with Crippen LogP contribution in [0.3, 0.4) is 0 Å². The van der Waals surface area contributed by atoms with Crippen molar-refractivity contribution in [3.8, 4) is 5.69 Å². The number of rotatable bonds is 2. The third-order valence-corrected chi connectivity index (χ3v) is 3.91. The highest BCUT2D eigenvalue weighted by Crippen LogP contribution is 2.27. The Morgan fingerprint density at radius 1 is 1.12 bits per heavy atom. The second-order valence-electron chi connectivity index (χ2n) is 5.38. The zero-order chi connectivity index (χ0) is 16.8. The van der Waals surface area contributed by atoms with Crippen LogP contribution in [0, 0.1) is 17.0 Å². The van der Waals surface area contributed by atoms with Crippen LogP contribution >= 0.6 is 0 Å². The van der Waals surface area contributed by atoms with E-state index >= 15 is 0 Å². The minimum absolute atomic E-state index is 0.00342. The summed E-state index contributed by atoms with van der Waals surface area (Å²) in [4.78, 5) is 22.6. The summed E-state index contributed by atoms with van der Waals surface area (Å²) in [7, 11) is 0. The molecular formula is C17H11N3O4. The SMILES string of the molecule is Cc1nn(-c2ccc([N+](=O)[O-])cc2)c2c1c(=O)oc1ccccc12. The van der Waals surface area contributed by atoms with E-state index in [1.165, 1.54) is 12.1 Å². The van der Waals surface area contributed by atoms with Gasteiger partial charge in [-0.15, -0.1) is 0 Å². The van der Waals surface area contributed by atoms with Crippen molar-refractivity contribution >= 4 is 27.6 Å². The lowest BCUT2D eigenvalue weighted by molar-refractivity contribution is -0.384. The second-order valence-corrected chi connectivity index (χ2v) is 5.38. The number of aryl methyl sites for hydroxylation is 1. The molecule has 0 spiro atoms. The molecule has 0 aliphatic rings. The van der Waals surface area contributed by atoms with E-state index in [2.05, 4.69) is 5.10 Å². The van der Waals surface area contributed by atoms with Crippen LogP contribution in [0.25, 0.3) is 27.6 Å². The molecule has 0 aliphatic heterocycles. The molecule has 118 valence electrons. The first-order chi connectivity index (χ1) is 11.6. The van der Waals surface area contributed by atoms with Crippen molar-refractivity contribution in [1.82, 2.24) is 9.78 Å². The van der Waals surface area contributed by atoms with Crippen molar-refractivity contribution in [2.75, 3.05) is 0 Å². The van der Waals surface area contributed by atoms with Crippen LogP contribution in [-0.4, -0.2) is 14.7 Å². The number of para-hydroxylation sites is 1. The molecule has 0 saturated carbocycles.